The predicted octanol–water partition coefficient (Wildman–Crippen LogP) is 3.38. The monoisotopic (exact) mass is 331 g/mol. The topological polar surface area (TPSA) is 72.7 Å². The molecule has 0 aromatic rings. The number of aliphatic hydroxyl groups excluding tert-OH is 3. The molecule has 23 heavy (non-hydrogen) atoms. The van der Waals surface area contributed by atoms with Gasteiger partial charge in [-0.25, -0.2) is 0 Å². The first kappa shape index (κ1) is 22.8. The molecule has 0 saturated heterocycles. The summed E-state index contributed by atoms with van der Waals surface area (Å²) >= 11 is 0. The maximum atomic E-state index is 9.20. The van der Waals surface area contributed by atoms with Gasteiger partial charge >= 0.3 is 0 Å². The Morgan fingerprint density at radius 3 is 1.26 bits per heavy atom. The molecular weight excluding hydrogens is 290 g/mol. The molecule has 0 heterocycles. The molecule has 4 nitrogen and oxygen atoms in total. The van der Waals surface area contributed by atoms with Gasteiger partial charge in [-0.1, -0.05) is 84.0 Å². The van der Waals surface area contributed by atoms with Crippen LogP contribution in [0, 0.1) is 0 Å². The summed E-state index contributed by atoms with van der Waals surface area (Å²) in [6.07, 6.45) is 17.2. The molecule has 4 N–H and O–H groups in total. The molecule has 0 spiro atoms. The van der Waals surface area contributed by atoms with Gasteiger partial charge in [-0.05, 0) is 13.0 Å². The first-order valence-electron chi connectivity index (χ1n) is 9.82. The minimum Gasteiger partial charge on any atom is -0.394 e. The molecule has 0 fully saturated rings. The molecule has 0 atom stereocenters. The lowest BCUT2D eigenvalue weighted by Crippen LogP contribution is -2.55. The molecule has 140 valence electrons. The van der Waals surface area contributed by atoms with Crippen molar-refractivity contribution < 1.29 is 15.3 Å². The first-order chi connectivity index (χ1) is 11.2. The largest absolute Gasteiger partial charge is 0.394 e. The Balaban J connectivity index is 3.25. The van der Waals surface area contributed by atoms with Gasteiger partial charge in [-0.15, -0.1) is 0 Å². The van der Waals surface area contributed by atoms with Crippen molar-refractivity contribution in [2.24, 2.45) is 0 Å². The molecule has 0 aliphatic rings. The lowest BCUT2D eigenvalue weighted by molar-refractivity contribution is 0.0425. The van der Waals surface area contributed by atoms with Crippen LogP contribution in [0.1, 0.15) is 90.4 Å². The fourth-order valence-electron chi connectivity index (χ4n) is 2.81. The second-order valence-corrected chi connectivity index (χ2v) is 6.92. The van der Waals surface area contributed by atoms with Crippen molar-refractivity contribution in [2.45, 2.75) is 95.9 Å². The second kappa shape index (κ2) is 16.7. The number of nitrogens with one attached hydrogen (secondary N) is 1. The molecule has 0 aliphatic carbocycles. The van der Waals surface area contributed by atoms with Crippen LogP contribution in [-0.2, 0) is 0 Å². The van der Waals surface area contributed by atoms with E-state index in [1.165, 1.54) is 77.0 Å². The van der Waals surface area contributed by atoms with Crippen LogP contribution in [0.3, 0.4) is 0 Å². The number of hydrogen-bond donors (Lipinski definition) is 4. The van der Waals surface area contributed by atoms with E-state index in [4.69, 9.17) is 0 Å². The Bertz CT molecular complexity index is 224. The van der Waals surface area contributed by atoms with E-state index in [0.29, 0.717) is 0 Å². The summed E-state index contributed by atoms with van der Waals surface area (Å²) in [7, 11) is 0. The van der Waals surface area contributed by atoms with E-state index in [1.54, 1.807) is 0 Å². The normalized spacial score (nSPS) is 12.0. The maximum Gasteiger partial charge on any atom is 0.0881 e. The molecule has 0 unspecified atom stereocenters. The summed E-state index contributed by atoms with van der Waals surface area (Å²) in [5.74, 6) is 0. The molecule has 0 bridgehead atoms. The maximum absolute atomic E-state index is 9.20. The Morgan fingerprint density at radius 1 is 0.565 bits per heavy atom. The zero-order valence-electron chi connectivity index (χ0n) is 15.4. The van der Waals surface area contributed by atoms with Crippen molar-refractivity contribution in [3.8, 4) is 0 Å². The second-order valence-electron chi connectivity index (χ2n) is 6.92. The van der Waals surface area contributed by atoms with Crippen LogP contribution < -0.4 is 5.32 Å². The zero-order chi connectivity index (χ0) is 17.2. The molecule has 0 rings (SSSR count). The summed E-state index contributed by atoms with van der Waals surface area (Å²) in [6, 6.07) is 0. The van der Waals surface area contributed by atoms with Gasteiger partial charge in [0.25, 0.3) is 0 Å². The van der Waals surface area contributed by atoms with Crippen LogP contribution in [0.25, 0.3) is 0 Å². The Morgan fingerprint density at radius 2 is 0.913 bits per heavy atom. The number of hydrogen-bond acceptors (Lipinski definition) is 4. The SMILES string of the molecule is CCCCCCCCCCCCCCCNC(CO)(CO)CO. The van der Waals surface area contributed by atoms with Crippen molar-refractivity contribution in [1.29, 1.82) is 0 Å². The van der Waals surface area contributed by atoms with E-state index >= 15 is 0 Å². The van der Waals surface area contributed by atoms with Crippen LogP contribution in [0.5, 0.6) is 0 Å². The van der Waals surface area contributed by atoms with Gasteiger partial charge in [0.1, 0.15) is 0 Å². The summed E-state index contributed by atoms with van der Waals surface area (Å²) in [5, 5.41) is 30.7. The molecule has 0 aromatic carbocycles. The first-order valence-corrected chi connectivity index (χ1v) is 9.82. The standard InChI is InChI=1S/C19H41NO3/c1-2-3-4-5-6-7-8-9-10-11-12-13-14-15-20-19(16-21,17-22)18-23/h20-23H,2-18H2,1H3. The average Bonchev–Trinajstić information content (AvgIpc) is 2.59. The van der Waals surface area contributed by atoms with Crippen molar-refractivity contribution >= 4 is 0 Å². The fraction of sp³-hybridized carbons (Fsp3) is 1.00. The van der Waals surface area contributed by atoms with Gasteiger partial charge < -0.3 is 20.6 Å². The Labute approximate surface area is 143 Å². The highest BCUT2D eigenvalue weighted by Crippen LogP contribution is 2.12. The smallest absolute Gasteiger partial charge is 0.0881 e. The fourth-order valence-corrected chi connectivity index (χ4v) is 2.81. The van der Waals surface area contributed by atoms with E-state index in [0.717, 1.165) is 13.0 Å². The van der Waals surface area contributed by atoms with E-state index in [1.807, 2.05) is 0 Å². The van der Waals surface area contributed by atoms with E-state index in [-0.39, 0.29) is 19.8 Å². The Hall–Kier alpha value is -0.160. The average molecular weight is 332 g/mol. The summed E-state index contributed by atoms with van der Waals surface area (Å²) in [4.78, 5) is 0. The zero-order valence-corrected chi connectivity index (χ0v) is 15.4. The third-order valence-electron chi connectivity index (χ3n) is 4.69. The molecular formula is C19H41NO3. The molecule has 4 heteroatoms. The summed E-state index contributed by atoms with van der Waals surface area (Å²) < 4.78 is 0. The molecule has 0 radical (unpaired) electrons. The van der Waals surface area contributed by atoms with Gasteiger partial charge in [0, 0.05) is 0 Å². The number of unbranched alkanes of at least 4 members (excludes halogenated alkanes) is 12. The predicted molar refractivity (Wildman–Crippen MR) is 97.7 cm³/mol. The van der Waals surface area contributed by atoms with Crippen molar-refractivity contribution in [1.82, 2.24) is 5.32 Å². The molecule has 0 aromatic heterocycles. The van der Waals surface area contributed by atoms with Crippen molar-refractivity contribution in [3.63, 3.8) is 0 Å². The van der Waals surface area contributed by atoms with Crippen molar-refractivity contribution in [2.75, 3.05) is 26.4 Å². The minimum atomic E-state index is -0.920. The third kappa shape index (κ3) is 12.9. The van der Waals surface area contributed by atoms with E-state index in [2.05, 4.69) is 12.2 Å². The highest BCUT2D eigenvalue weighted by molar-refractivity contribution is 4.85. The molecule has 0 amide bonds. The van der Waals surface area contributed by atoms with Crippen LogP contribution in [0.2, 0.25) is 0 Å². The van der Waals surface area contributed by atoms with Gasteiger partial charge in [0.05, 0.1) is 25.4 Å². The van der Waals surface area contributed by atoms with E-state index in [9.17, 15) is 15.3 Å². The van der Waals surface area contributed by atoms with E-state index < -0.39 is 5.54 Å². The lowest BCUT2D eigenvalue weighted by atomic mass is 10.0. The van der Waals surface area contributed by atoms with Gasteiger partial charge in [0.2, 0.25) is 0 Å². The van der Waals surface area contributed by atoms with Gasteiger partial charge in [-0.2, -0.15) is 0 Å². The van der Waals surface area contributed by atoms with Crippen LogP contribution in [-0.4, -0.2) is 47.2 Å². The molecule has 0 aliphatic heterocycles. The van der Waals surface area contributed by atoms with Crippen molar-refractivity contribution in [3.05, 3.63) is 0 Å². The quantitative estimate of drug-likeness (QED) is 0.291. The van der Waals surface area contributed by atoms with Gasteiger partial charge in [-0.3, -0.25) is 0 Å². The lowest BCUT2D eigenvalue weighted by Gasteiger charge is -2.28. The van der Waals surface area contributed by atoms with Gasteiger partial charge in [0.15, 0.2) is 0 Å². The minimum absolute atomic E-state index is 0.238. The van der Waals surface area contributed by atoms with Crippen LogP contribution in [0.4, 0.5) is 0 Å². The highest BCUT2D eigenvalue weighted by atomic mass is 16.3. The molecule has 0 saturated carbocycles. The number of aliphatic hydroxyl groups is 3. The Kier molecular flexibility index (Phi) is 16.6. The van der Waals surface area contributed by atoms with Crippen LogP contribution in [0.15, 0.2) is 0 Å². The third-order valence-corrected chi connectivity index (χ3v) is 4.69. The number of rotatable bonds is 18. The highest BCUT2D eigenvalue weighted by Gasteiger charge is 2.26. The van der Waals surface area contributed by atoms with Crippen LogP contribution >= 0.6 is 0 Å². The summed E-state index contributed by atoms with van der Waals surface area (Å²) in [5.41, 5.74) is -0.920. The summed E-state index contributed by atoms with van der Waals surface area (Å²) in [6.45, 7) is 2.28.